The van der Waals surface area contributed by atoms with Gasteiger partial charge in [0, 0.05) is 37.9 Å². The predicted molar refractivity (Wildman–Crippen MR) is 99.0 cm³/mol. The second-order valence-corrected chi connectivity index (χ2v) is 6.89. The largest absolute Gasteiger partial charge is 0.497 e. The molecule has 24 heavy (non-hydrogen) atoms. The van der Waals surface area contributed by atoms with Crippen molar-refractivity contribution in [2.75, 3.05) is 38.2 Å². The number of benzene rings is 2. The lowest BCUT2D eigenvalue weighted by Crippen LogP contribution is -2.51. The Morgan fingerprint density at radius 1 is 0.875 bits per heavy atom. The molecule has 0 N–H and O–H groups in total. The van der Waals surface area contributed by atoms with E-state index in [1.165, 1.54) is 38.0 Å². The molecule has 1 saturated heterocycles. The normalized spacial score (nSPS) is 21.4. The van der Waals surface area contributed by atoms with Crippen molar-refractivity contribution >= 4 is 5.69 Å². The van der Waals surface area contributed by atoms with Crippen molar-refractivity contribution in [1.29, 1.82) is 0 Å². The van der Waals surface area contributed by atoms with Gasteiger partial charge in [-0.25, -0.2) is 0 Å². The first kappa shape index (κ1) is 15.5. The molecule has 1 aliphatic carbocycles. The van der Waals surface area contributed by atoms with Gasteiger partial charge in [-0.1, -0.05) is 24.3 Å². The van der Waals surface area contributed by atoms with Gasteiger partial charge in [-0.3, -0.25) is 4.90 Å². The Morgan fingerprint density at radius 3 is 2.29 bits per heavy atom. The van der Waals surface area contributed by atoms with Crippen LogP contribution < -0.4 is 9.64 Å². The summed E-state index contributed by atoms with van der Waals surface area (Å²) in [5.74, 6) is 0.929. The van der Waals surface area contributed by atoms with E-state index in [4.69, 9.17) is 4.74 Å². The van der Waals surface area contributed by atoms with E-state index >= 15 is 0 Å². The zero-order chi connectivity index (χ0) is 16.4. The van der Waals surface area contributed by atoms with Crippen LogP contribution in [0.15, 0.2) is 48.5 Å². The van der Waals surface area contributed by atoms with Gasteiger partial charge in [-0.2, -0.15) is 0 Å². The van der Waals surface area contributed by atoms with Gasteiger partial charge in [-0.05, 0) is 54.7 Å². The van der Waals surface area contributed by atoms with E-state index < -0.39 is 0 Å². The summed E-state index contributed by atoms with van der Waals surface area (Å²) in [6, 6.07) is 18.1. The Morgan fingerprint density at radius 2 is 1.58 bits per heavy atom. The van der Waals surface area contributed by atoms with Crippen molar-refractivity contribution in [1.82, 2.24) is 4.90 Å². The molecule has 1 aliphatic heterocycles. The topological polar surface area (TPSA) is 15.7 Å². The van der Waals surface area contributed by atoms with Gasteiger partial charge < -0.3 is 9.64 Å². The van der Waals surface area contributed by atoms with E-state index in [1.807, 2.05) is 0 Å². The quantitative estimate of drug-likeness (QED) is 0.862. The zero-order valence-corrected chi connectivity index (χ0v) is 14.4. The highest BCUT2D eigenvalue weighted by Crippen LogP contribution is 2.26. The number of fused-ring (bicyclic) bond motifs is 1. The van der Waals surface area contributed by atoms with Crippen LogP contribution in [0.4, 0.5) is 5.69 Å². The minimum absolute atomic E-state index is 0.720. The summed E-state index contributed by atoms with van der Waals surface area (Å²) in [5, 5.41) is 0. The molecular weight excluding hydrogens is 296 g/mol. The molecule has 126 valence electrons. The minimum atomic E-state index is 0.720. The molecule has 2 aliphatic rings. The number of methoxy groups -OCH3 is 1. The number of piperazine rings is 1. The molecule has 1 heterocycles. The number of ether oxygens (including phenoxy) is 1. The molecule has 1 fully saturated rings. The molecule has 2 aromatic rings. The predicted octanol–water partition coefficient (Wildman–Crippen LogP) is 3.37. The third-order valence-electron chi connectivity index (χ3n) is 5.59. The van der Waals surface area contributed by atoms with E-state index in [2.05, 4.69) is 58.3 Å². The van der Waals surface area contributed by atoms with E-state index in [0.29, 0.717) is 0 Å². The monoisotopic (exact) mass is 322 g/mol. The van der Waals surface area contributed by atoms with Gasteiger partial charge in [0.2, 0.25) is 0 Å². The SMILES string of the molecule is COc1ccc(N2CCN(C3CCc4ccccc4C3)CC2)cc1. The lowest BCUT2D eigenvalue weighted by atomic mass is 9.87. The maximum Gasteiger partial charge on any atom is 0.119 e. The molecule has 4 rings (SSSR count). The first-order chi connectivity index (χ1) is 11.8. The average molecular weight is 322 g/mol. The lowest BCUT2D eigenvalue weighted by molar-refractivity contribution is 0.170. The van der Waals surface area contributed by atoms with Crippen molar-refractivity contribution in [2.45, 2.75) is 25.3 Å². The molecular formula is C21H26N2O. The Balaban J connectivity index is 1.36. The van der Waals surface area contributed by atoms with E-state index in [-0.39, 0.29) is 0 Å². The lowest BCUT2D eigenvalue weighted by Gasteiger charge is -2.42. The van der Waals surface area contributed by atoms with Gasteiger partial charge in [0.15, 0.2) is 0 Å². The maximum absolute atomic E-state index is 5.25. The van der Waals surface area contributed by atoms with Crippen LogP contribution in [-0.4, -0.2) is 44.2 Å². The van der Waals surface area contributed by atoms with Crippen LogP contribution in [0.5, 0.6) is 5.75 Å². The molecule has 1 atom stereocenters. The molecule has 0 aromatic heterocycles. The van der Waals surface area contributed by atoms with Crippen molar-refractivity contribution in [3.05, 3.63) is 59.7 Å². The number of aryl methyl sites for hydroxylation is 1. The summed E-state index contributed by atoms with van der Waals surface area (Å²) in [6.07, 6.45) is 3.76. The minimum Gasteiger partial charge on any atom is -0.497 e. The fourth-order valence-electron chi connectivity index (χ4n) is 4.13. The standard InChI is InChI=1S/C21H26N2O/c1-24-21-10-8-19(9-11-21)22-12-14-23(15-13-22)20-7-6-17-4-2-3-5-18(17)16-20/h2-5,8-11,20H,6-7,12-16H2,1H3. The van der Waals surface area contributed by atoms with Gasteiger partial charge in [0.1, 0.15) is 5.75 Å². The summed E-state index contributed by atoms with van der Waals surface area (Å²) < 4.78 is 5.25. The third-order valence-corrected chi connectivity index (χ3v) is 5.59. The molecule has 0 spiro atoms. The van der Waals surface area contributed by atoms with Crippen LogP contribution in [0.3, 0.4) is 0 Å². The van der Waals surface area contributed by atoms with Crippen molar-refractivity contribution in [3.63, 3.8) is 0 Å². The molecule has 0 radical (unpaired) electrons. The van der Waals surface area contributed by atoms with Crippen LogP contribution in [0.2, 0.25) is 0 Å². The summed E-state index contributed by atoms with van der Waals surface area (Å²) in [4.78, 5) is 5.20. The third kappa shape index (κ3) is 3.13. The van der Waals surface area contributed by atoms with E-state index in [9.17, 15) is 0 Å². The highest BCUT2D eigenvalue weighted by molar-refractivity contribution is 5.49. The first-order valence-corrected chi connectivity index (χ1v) is 9.03. The molecule has 3 heteroatoms. The van der Waals surface area contributed by atoms with Crippen molar-refractivity contribution in [3.8, 4) is 5.75 Å². The Hall–Kier alpha value is -2.00. The number of hydrogen-bond donors (Lipinski definition) is 0. The number of nitrogens with zero attached hydrogens (tertiary/aromatic N) is 2. The molecule has 2 aromatic carbocycles. The summed E-state index contributed by atoms with van der Waals surface area (Å²) in [7, 11) is 1.72. The van der Waals surface area contributed by atoms with E-state index in [1.54, 1.807) is 18.2 Å². The Bertz CT molecular complexity index is 674. The van der Waals surface area contributed by atoms with E-state index in [0.717, 1.165) is 24.9 Å². The highest BCUT2D eigenvalue weighted by atomic mass is 16.5. The fourth-order valence-corrected chi connectivity index (χ4v) is 4.13. The highest BCUT2D eigenvalue weighted by Gasteiger charge is 2.27. The average Bonchev–Trinajstić information content (AvgIpc) is 2.68. The summed E-state index contributed by atoms with van der Waals surface area (Å²) in [5.41, 5.74) is 4.43. The zero-order valence-electron chi connectivity index (χ0n) is 14.4. The number of rotatable bonds is 3. The smallest absolute Gasteiger partial charge is 0.119 e. The molecule has 0 saturated carbocycles. The molecule has 3 nitrogen and oxygen atoms in total. The maximum atomic E-state index is 5.25. The van der Waals surface area contributed by atoms with Gasteiger partial charge in [-0.15, -0.1) is 0 Å². The van der Waals surface area contributed by atoms with Gasteiger partial charge >= 0.3 is 0 Å². The van der Waals surface area contributed by atoms with Crippen LogP contribution in [0.25, 0.3) is 0 Å². The number of anilines is 1. The number of hydrogen-bond acceptors (Lipinski definition) is 3. The van der Waals surface area contributed by atoms with Crippen LogP contribution in [-0.2, 0) is 12.8 Å². The summed E-state index contributed by atoms with van der Waals surface area (Å²) >= 11 is 0. The van der Waals surface area contributed by atoms with Gasteiger partial charge in [0.05, 0.1) is 7.11 Å². The Kier molecular flexibility index (Phi) is 4.44. The van der Waals surface area contributed by atoms with Crippen molar-refractivity contribution < 1.29 is 4.74 Å². The second kappa shape index (κ2) is 6.86. The van der Waals surface area contributed by atoms with Gasteiger partial charge in [0.25, 0.3) is 0 Å². The molecule has 0 amide bonds. The molecule has 1 unspecified atom stereocenters. The summed E-state index contributed by atoms with van der Waals surface area (Å²) in [6.45, 7) is 4.56. The van der Waals surface area contributed by atoms with Crippen molar-refractivity contribution in [2.24, 2.45) is 0 Å². The second-order valence-electron chi connectivity index (χ2n) is 6.89. The Labute approximate surface area is 144 Å². The first-order valence-electron chi connectivity index (χ1n) is 9.03. The van der Waals surface area contributed by atoms with Crippen LogP contribution >= 0.6 is 0 Å². The van der Waals surface area contributed by atoms with Crippen LogP contribution in [0.1, 0.15) is 17.5 Å². The molecule has 0 bridgehead atoms. The fraction of sp³-hybridized carbons (Fsp3) is 0.429. The van der Waals surface area contributed by atoms with Crippen LogP contribution in [0, 0.1) is 0 Å².